The molecular weight excluding hydrogens is 281 g/mol. The minimum Gasteiger partial charge on any atom is -0.508 e. The summed E-state index contributed by atoms with van der Waals surface area (Å²) in [5.74, 6) is -0.872. The smallest absolute Gasteiger partial charge is 0.257 e. The highest BCUT2D eigenvalue weighted by Crippen LogP contribution is 2.25. The maximum Gasteiger partial charge on any atom is 0.257 e. The van der Waals surface area contributed by atoms with Gasteiger partial charge in [-0.25, -0.2) is 4.39 Å². The average molecular weight is 300 g/mol. The molecule has 0 heterocycles. The number of phenols is 1. The molecule has 0 atom stereocenters. The monoisotopic (exact) mass is 299 g/mol. The Balaban J connectivity index is 2.21. The first kappa shape index (κ1) is 15.1. The van der Waals surface area contributed by atoms with Crippen LogP contribution in [0.25, 0.3) is 0 Å². The number of alkyl halides is 1. The first-order chi connectivity index (χ1) is 9.63. The van der Waals surface area contributed by atoms with Gasteiger partial charge in [-0.15, -0.1) is 11.6 Å². The van der Waals surface area contributed by atoms with E-state index in [1.165, 1.54) is 18.6 Å². The van der Waals surface area contributed by atoms with E-state index in [2.05, 4.69) is 0 Å². The summed E-state index contributed by atoms with van der Waals surface area (Å²) in [6.07, 6.45) is 5.27. The van der Waals surface area contributed by atoms with Crippen molar-refractivity contribution in [1.82, 2.24) is 4.90 Å². The molecule has 1 aliphatic rings. The Morgan fingerprint density at radius 1 is 1.35 bits per heavy atom. The van der Waals surface area contributed by atoms with Crippen LogP contribution < -0.4 is 0 Å². The molecule has 1 N–H and O–H groups in total. The van der Waals surface area contributed by atoms with Crippen molar-refractivity contribution in [2.75, 3.05) is 12.4 Å². The van der Waals surface area contributed by atoms with Crippen LogP contribution in [0.2, 0.25) is 0 Å². The van der Waals surface area contributed by atoms with Gasteiger partial charge in [0.25, 0.3) is 5.91 Å². The van der Waals surface area contributed by atoms with Gasteiger partial charge in [-0.3, -0.25) is 4.79 Å². The number of hydrogen-bond donors (Lipinski definition) is 1. The number of phenolic OH excluding ortho intramolecular Hbond substituents is 1. The Labute approximate surface area is 123 Å². The highest BCUT2D eigenvalue weighted by Gasteiger charge is 2.27. The lowest BCUT2D eigenvalue weighted by molar-refractivity contribution is 0.0645. The van der Waals surface area contributed by atoms with Crippen LogP contribution in [0, 0.1) is 5.82 Å². The van der Waals surface area contributed by atoms with Crippen LogP contribution >= 0.6 is 11.6 Å². The molecule has 0 spiro atoms. The molecule has 20 heavy (non-hydrogen) atoms. The maximum atomic E-state index is 13.8. The standard InChI is InChI=1S/C15H19ClFNO2/c16-8-9-18(11-4-2-1-3-5-11)15(20)13-7-6-12(19)10-14(13)17/h6-7,10-11,19H,1-5,8-9H2. The SMILES string of the molecule is O=C(c1ccc(O)cc1F)N(CCCl)C1CCCCC1. The van der Waals surface area contributed by atoms with E-state index in [0.717, 1.165) is 31.7 Å². The molecule has 1 aromatic carbocycles. The van der Waals surface area contributed by atoms with Crippen LogP contribution in [-0.2, 0) is 0 Å². The third-order valence-electron chi connectivity index (χ3n) is 3.78. The second-order valence-electron chi connectivity index (χ2n) is 5.14. The highest BCUT2D eigenvalue weighted by molar-refractivity contribution is 6.18. The summed E-state index contributed by atoms with van der Waals surface area (Å²) in [7, 11) is 0. The minimum absolute atomic E-state index is 0.00140. The number of carbonyl (C=O) groups excluding carboxylic acids is 1. The molecule has 0 saturated heterocycles. The summed E-state index contributed by atoms with van der Waals surface area (Å²) in [5, 5.41) is 9.22. The highest BCUT2D eigenvalue weighted by atomic mass is 35.5. The van der Waals surface area contributed by atoms with Crippen molar-refractivity contribution in [2.24, 2.45) is 0 Å². The molecular formula is C15H19ClFNO2. The molecule has 110 valence electrons. The molecule has 1 amide bonds. The third-order valence-corrected chi connectivity index (χ3v) is 3.95. The lowest BCUT2D eigenvalue weighted by Gasteiger charge is -2.34. The number of rotatable bonds is 4. The Morgan fingerprint density at radius 3 is 2.65 bits per heavy atom. The second-order valence-corrected chi connectivity index (χ2v) is 5.52. The molecule has 1 aromatic rings. The van der Waals surface area contributed by atoms with Gasteiger partial charge in [-0.2, -0.15) is 0 Å². The van der Waals surface area contributed by atoms with Crippen molar-refractivity contribution < 1.29 is 14.3 Å². The Hall–Kier alpha value is -1.29. The number of aromatic hydroxyl groups is 1. The van der Waals surface area contributed by atoms with E-state index in [4.69, 9.17) is 11.6 Å². The fraction of sp³-hybridized carbons (Fsp3) is 0.533. The normalized spacial score (nSPS) is 16.1. The van der Waals surface area contributed by atoms with Crippen molar-refractivity contribution in [3.05, 3.63) is 29.6 Å². The van der Waals surface area contributed by atoms with Gasteiger partial charge in [0.15, 0.2) is 0 Å². The van der Waals surface area contributed by atoms with E-state index in [0.29, 0.717) is 12.4 Å². The molecule has 0 bridgehead atoms. The summed E-state index contributed by atoms with van der Waals surface area (Å²) < 4.78 is 13.8. The summed E-state index contributed by atoms with van der Waals surface area (Å²) in [4.78, 5) is 14.2. The van der Waals surface area contributed by atoms with E-state index in [1.54, 1.807) is 4.90 Å². The number of nitrogens with zero attached hydrogens (tertiary/aromatic N) is 1. The number of benzene rings is 1. The van der Waals surface area contributed by atoms with Crippen LogP contribution in [0.3, 0.4) is 0 Å². The fourth-order valence-corrected chi connectivity index (χ4v) is 2.95. The van der Waals surface area contributed by atoms with Crippen molar-refractivity contribution >= 4 is 17.5 Å². The first-order valence-corrected chi connectivity index (χ1v) is 7.52. The first-order valence-electron chi connectivity index (χ1n) is 6.99. The molecule has 1 aliphatic carbocycles. The predicted molar refractivity (Wildman–Crippen MR) is 76.7 cm³/mol. The molecule has 1 fully saturated rings. The molecule has 3 nitrogen and oxygen atoms in total. The van der Waals surface area contributed by atoms with Crippen LogP contribution in [0.5, 0.6) is 5.75 Å². The lowest BCUT2D eigenvalue weighted by Crippen LogP contribution is -2.43. The number of amides is 1. The van der Waals surface area contributed by atoms with Gasteiger partial charge < -0.3 is 10.0 Å². The predicted octanol–water partition coefficient (Wildman–Crippen LogP) is 3.55. The summed E-state index contributed by atoms with van der Waals surface area (Å²) >= 11 is 5.78. The zero-order valence-corrected chi connectivity index (χ0v) is 12.1. The van der Waals surface area contributed by atoms with E-state index in [1.807, 2.05) is 0 Å². The Bertz CT molecular complexity index is 475. The molecule has 0 aliphatic heterocycles. The van der Waals surface area contributed by atoms with Crippen LogP contribution in [-0.4, -0.2) is 34.4 Å². The summed E-state index contributed by atoms with van der Waals surface area (Å²) in [6.45, 7) is 0.422. The maximum absolute atomic E-state index is 13.8. The van der Waals surface area contributed by atoms with Crippen LogP contribution in [0.4, 0.5) is 4.39 Å². The fourth-order valence-electron chi connectivity index (χ4n) is 2.77. The topological polar surface area (TPSA) is 40.5 Å². The van der Waals surface area contributed by atoms with E-state index < -0.39 is 5.82 Å². The Morgan fingerprint density at radius 2 is 2.05 bits per heavy atom. The Kier molecular flexibility index (Phi) is 5.24. The molecule has 1 saturated carbocycles. The molecule has 5 heteroatoms. The van der Waals surface area contributed by atoms with Crippen LogP contribution in [0.15, 0.2) is 18.2 Å². The minimum atomic E-state index is -0.689. The van der Waals surface area contributed by atoms with Gasteiger partial charge in [0.1, 0.15) is 11.6 Å². The number of carbonyl (C=O) groups is 1. The zero-order valence-electron chi connectivity index (χ0n) is 11.3. The lowest BCUT2D eigenvalue weighted by atomic mass is 9.93. The van der Waals surface area contributed by atoms with Crippen molar-refractivity contribution in [3.8, 4) is 5.75 Å². The van der Waals surface area contributed by atoms with Gasteiger partial charge in [-0.1, -0.05) is 19.3 Å². The zero-order chi connectivity index (χ0) is 14.5. The van der Waals surface area contributed by atoms with E-state index in [-0.39, 0.29) is 23.3 Å². The quantitative estimate of drug-likeness (QED) is 0.864. The number of halogens is 2. The second kappa shape index (κ2) is 6.93. The van der Waals surface area contributed by atoms with Gasteiger partial charge in [-0.05, 0) is 25.0 Å². The average Bonchev–Trinajstić information content (AvgIpc) is 2.45. The van der Waals surface area contributed by atoms with Crippen LogP contribution in [0.1, 0.15) is 42.5 Å². The van der Waals surface area contributed by atoms with Crippen molar-refractivity contribution in [2.45, 2.75) is 38.1 Å². The van der Waals surface area contributed by atoms with Crippen molar-refractivity contribution in [1.29, 1.82) is 0 Å². The van der Waals surface area contributed by atoms with Gasteiger partial charge >= 0.3 is 0 Å². The van der Waals surface area contributed by atoms with Gasteiger partial charge in [0.05, 0.1) is 5.56 Å². The largest absolute Gasteiger partial charge is 0.508 e. The van der Waals surface area contributed by atoms with E-state index >= 15 is 0 Å². The molecule has 0 unspecified atom stereocenters. The van der Waals surface area contributed by atoms with Gasteiger partial charge in [0.2, 0.25) is 0 Å². The molecule has 0 radical (unpaired) electrons. The molecule has 0 aromatic heterocycles. The summed E-state index contributed by atoms with van der Waals surface area (Å²) in [6, 6.07) is 3.77. The van der Waals surface area contributed by atoms with Gasteiger partial charge in [0, 0.05) is 24.5 Å². The number of hydrogen-bond acceptors (Lipinski definition) is 2. The van der Waals surface area contributed by atoms with Crippen molar-refractivity contribution in [3.63, 3.8) is 0 Å². The van der Waals surface area contributed by atoms with E-state index in [9.17, 15) is 14.3 Å². The summed E-state index contributed by atoms with van der Waals surface area (Å²) in [5.41, 5.74) is -0.00140. The molecule has 2 rings (SSSR count). The third kappa shape index (κ3) is 3.42.